The molecule has 0 saturated carbocycles. The van der Waals surface area contributed by atoms with E-state index in [1.807, 2.05) is 0 Å². The van der Waals surface area contributed by atoms with E-state index in [0.29, 0.717) is 22.4 Å². The molecule has 0 amide bonds. The topological polar surface area (TPSA) is 98.2 Å². The maximum atomic E-state index is 13.4. The third kappa shape index (κ3) is 5.89. The molecule has 0 radical (unpaired) electrons. The van der Waals surface area contributed by atoms with E-state index in [0.717, 1.165) is 6.26 Å². The highest BCUT2D eigenvalue weighted by molar-refractivity contribution is 7.90. The highest BCUT2D eigenvalue weighted by Crippen LogP contribution is 2.28. The molecule has 32 heavy (non-hydrogen) atoms. The van der Waals surface area contributed by atoms with Crippen molar-refractivity contribution in [1.82, 2.24) is 9.97 Å². The van der Waals surface area contributed by atoms with Crippen molar-refractivity contribution < 1.29 is 22.3 Å². The zero-order chi connectivity index (χ0) is 23.3. The van der Waals surface area contributed by atoms with Crippen LogP contribution in [0.15, 0.2) is 59.8 Å². The van der Waals surface area contributed by atoms with E-state index in [1.54, 1.807) is 37.3 Å². The average molecular weight is 476 g/mol. The van der Waals surface area contributed by atoms with Crippen molar-refractivity contribution in [3.05, 3.63) is 71.1 Å². The normalized spacial score (nSPS) is 11.5. The van der Waals surface area contributed by atoms with Crippen molar-refractivity contribution in [1.29, 1.82) is 0 Å². The molecule has 3 rings (SSSR count). The molecule has 0 bridgehead atoms. The molecule has 0 aliphatic rings. The zero-order valence-corrected chi connectivity index (χ0v) is 18.7. The largest absolute Gasteiger partial charge is 0.463 e. The third-order valence-electron chi connectivity index (χ3n) is 4.18. The van der Waals surface area contributed by atoms with Crippen molar-refractivity contribution in [3.63, 3.8) is 0 Å². The summed E-state index contributed by atoms with van der Waals surface area (Å²) >= 11 is 5.78. The molecular formula is C22H19ClFN3O4S. The van der Waals surface area contributed by atoms with Crippen LogP contribution in [-0.4, -0.2) is 37.2 Å². The Hall–Kier alpha value is -3.30. The molecule has 0 atom stereocenters. The second-order valence-corrected chi connectivity index (χ2v) is 8.99. The lowest BCUT2D eigenvalue weighted by molar-refractivity contribution is -0.137. The first-order valence-electron chi connectivity index (χ1n) is 9.42. The number of nitrogens with one attached hydrogen (secondary N) is 1. The zero-order valence-electron chi connectivity index (χ0n) is 17.2. The summed E-state index contributed by atoms with van der Waals surface area (Å²) in [6.45, 7) is 1.98. The van der Waals surface area contributed by atoms with E-state index < -0.39 is 21.6 Å². The highest BCUT2D eigenvalue weighted by atomic mass is 35.5. The smallest absolute Gasteiger partial charge is 0.330 e. The molecule has 0 saturated heterocycles. The number of carbonyl (C=O) groups excluding carboxylic acids is 1. The van der Waals surface area contributed by atoms with Crippen LogP contribution in [0.4, 0.5) is 16.0 Å². The molecule has 0 aliphatic heterocycles. The van der Waals surface area contributed by atoms with Gasteiger partial charge in [0, 0.05) is 29.8 Å². The second kappa shape index (κ2) is 9.88. The number of benzene rings is 2. The van der Waals surface area contributed by atoms with Crippen molar-refractivity contribution in [2.45, 2.75) is 11.9 Å². The Labute approximate surface area is 189 Å². The molecule has 7 nitrogen and oxygen atoms in total. The first-order chi connectivity index (χ1) is 15.2. The van der Waals surface area contributed by atoms with Crippen LogP contribution in [0, 0.1) is 5.82 Å². The number of halogens is 2. The summed E-state index contributed by atoms with van der Waals surface area (Å²) in [7, 11) is -3.73. The fourth-order valence-corrected chi connectivity index (χ4v) is 3.78. The molecule has 2 aromatic carbocycles. The molecule has 1 aromatic heterocycles. The van der Waals surface area contributed by atoms with Gasteiger partial charge in [0.15, 0.2) is 14.9 Å². The van der Waals surface area contributed by atoms with Gasteiger partial charge in [-0.05, 0) is 48.4 Å². The molecule has 166 valence electrons. The van der Waals surface area contributed by atoms with Crippen LogP contribution < -0.4 is 5.32 Å². The van der Waals surface area contributed by atoms with Gasteiger partial charge in [0.25, 0.3) is 0 Å². The number of carbonyl (C=O) groups is 1. The SMILES string of the molecule is CCOC(=O)C=Cc1cccc(-c2cnc(Nc3ccc(F)c(Cl)c3)nc2S(C)(=O)=O)c1. The predicted octanol–water partition coefficient (Wildman–Crippen LogP) is 4.66. The van der Waals surface area contributed by atoms with Crippen LogP contribution in [0.5, 0.6) is 0 Å². The van der Waals surface area contributed by atoms with E-state index >= 15 is 0 Å². The van der Waals surface area contributed by atoms with Crippen molar-refractivity contribution >= 4 is 45.1 Å². The monoisotopic (exact) mass is 475 g/mol. The quantitative estimate of drug-likeness (QED) is 0.301. The number of hydrogen-bond acceptors (Lipinski definition) is 7. The van der Waals surface area contributed by atoms with Gasteiger partial charge in [-0.15, -0.1) is 0 Å². The Kier molecular flexibility index (Phi) is 7.22. The van der Waals surface area contributed by atoms with E-state index in [2.05, 4.69) is 15.3 Å². The number of nitrogens with zero attached hydrogens (tertiary/aromatic N) is 2. The van der Waals surface area contributed by atoms with Crippen LogP contribution in [0.3, 0.4) is 0 Å². The van der Waals surface area contributed by atoms with Crippen molar-refractivity contribution in [2.24, 2.45) is 0 Å². The summed E-state index contributed by atoms with van der Waals surface area (Å²) in [5, 5.41) is 2.54. The number of ether oxygens (including phenoxy) is 1. The lowest BCUT2D eigenvalue weighted by Crippen LogP contribution is -2.07. The number of rotatable bonds is 7. The molecule has 1 heterocycles. The maximum absolute atomic E-state index is 13.4. The van der Waals surface area contributed by atoms with E-state index in [-0.39, 0.29) is 22.6 Å². The Bertz CT molecular complexity index is 1300. The average Bonchev–Trinajstić information content (AvgIpc) is 2.75. The first-order valence-corrected chi connectivity index (χ1v) is 11.7. The summed E-state index contributed by atoms with van der Waals surface area (Å²) in [5.74, 6) is -1.05. The molecule has 10 heteroatoms. The van der Waals surface area contributed by atoms with Gasteiger partial charge in [0.2, 0.25) is 5.95 Å². The number of anilines is 2. The van der Waals surface area contributed by atoms with Gasteiger partial charge in [-0.25, -0.2) is 27.6 Å². The number of aromatic nitrogens is 2. The Morgan fingerprint density at radius 2 is 2.03 bits per heavy atom. The second-order valence-electron chi connectivity index (χ2n) is 6.65. The molecule has 1 N–H and O–H groups in total. The molecule has 0 aliphatic carbocycles. The van der Waals surface area contributed by atoms with Crippen molar-refractivity contribution in [3.8, 4) is 11.1 Å². The Morgan fingerprint density at radius 3 is 2.72 bits per heavy atom. The fourth-order valence-electron chi connectivity index (χ4n) is 2.77. The van der Waals surface area contributed by atoms with Gasteiger partial charge in [-0.1, -0.05) is 29.8 Å². The minimum atomic E-state index is -3.73. The van der Waals surface area contributed by atoms with Gasteiger partial charge in [-0.2, -0.15) is 0 Å². The Morgan fingerprint density at radius 1 is 1.25 bits per heavy atom. The van der Waals surface area contributed by atoms with Gasteiger partial charge < -0.3 is 10.1 Å². The lowest BCUT2D eigenvalue weighted by atomic mass is 10.1. The van der Waals surface area contributed by atoms with Gasteiger partial charge in [0.1, 0.15) is 5.82 Å². The molecule has 0 fully saturated rings. The van der Waals surface area contributed by atoms with Crippen LogP contribution >= 0.6 is 11.6 Å². The number of sulfone groups is 1. The van der Waals surface area contributed by atoms with Crippen LogP contribution in [0.2, 0.25) is 5.02 Å². The number of esters is 1. The lowest BCUT2D eigenvalue weighted by Gasteiger charge is -2.11. The maximum Gasteiger partial charge on any atom is 0.330 e. The Balaban J connectivity index is 1.97. The summed E-state index contributed by atoms with van der Waals surface area (Å²) in [6.07, 6.45) is 5.28. The van der Waals surface area contributed by atoms with Gasteiger partial charge >= 0.3 is 5.97 Å². The van der Waals surface area contributed by atoms with E-state index in [1.165, 1.54) is 30.5 Å². The summed E-state index contributed by atoms with van der Waals surface area (Å²) in [5.41, 5.74) is 1.90. The van der Waals surface area contributed by atoms with Crippen LogP contribution in [-0.2, 0) is 19.4 Å². The minimum absolute atomic E-state index is 0.00945. The molecular weight excluding hydrogens is 457 g/mol. The van der Waals surface area contributed by atoms with Gasteiger partial charge in [0.05, 0.1) is 11.6 Å². The number of hydrogen-bond donors (Lipinski definition) is 1. The van der Waals surface area contributed by atoms with E-state index in [4.69, 9.17) is 16.3 Å². The summed E-state index contributed by atoms with van der Waals surface area (Å²) in [4.78, 5) is 19.9. The molecule has 3 aromatic rings. The van der Waals surface area contributed by atoms with E-state index in [9.17, 15) is 17.6 Å². The fraction of sp³-hybridized carbons (Fsp3) is 0.136. The third-order valence-corrected chi connectivity index (χ3v) is 5.48. The highest BCUT2D eigenvalue weighted by Gasteiger charge is 2.19. The predicted molar refractivity (Wildman–Crippen MR) is 121 cm³/mol. The van der Waals surface area contributed by atoms with Crippen LogP contribution in [0.1, 0.15) is 12.5 Å². The van der Waals surface area contributed by atoms with Gasteiger partial charge in [-0.3, -0.25) is 0 Å². The van der Waals surface area contributed by atoms with Crippen LogP contribution in [0.25, 0.3) is 17.2 Å². The van der Waals surface area contributed by atoms with Crippen molar-refractivity contribution in [2.75, 3.05) is 18.2 Å². The summed E-state index contributed by atoms with van der Waals surface area (Å²) in [6, 6.07) is 10.8. The molecule has 0 spiro atoms. The minimum Gasteiger partial charge on any atom is -0.463 e. The summed E-state index contributed by atoms with van der Waals surface area (Å²) < 4.78 is 43.1. The molecule has 0 unspecified atom stereocenters. The first kappa shape index (κ1) is 23.4. The standard InChI is InChI=1S/C22H19ClFN3O4S/c1-3-31-20(28)10-7-14-5-4-6-15(11-14)17-13-25-22(27-21(17)32(2,29)30)26-16-8-9-19(24)18(23)12-16/h4-13H,3H2,1-2H3,(H,25,26,27).